The van der Waals surface area contributed by atoms with E-state index in [4.69, 9.17) is 9.26 Å². The van der Waals surface area contributed by atoms with E-state index >= 15 is 0 Å². The van der Waals surface area contributed by atoms with Crippen molar-refractivity contribution in [2.24, 2.45) is 5.92 Å². The number of aryl methyl sites for hydroxylation is 1. The van der Waals surface area contributed by atoms with Crippen molar-refractivity contribution >= 4 is 21.8 Å². The average Bonchev–Trinajstić information content (AvgIpc) is 3.28. The molecule has 0 saturated carbocycles. The number of ether oxygens (including phenoxy) is 1. The van der Waals surface area contributed by atoms with E-state index in [0.717, 1.165) is 41.7 Å². The summed E-state index contributed by atoms with van der Waals surface area (Å²) in [5, 5.41) is 7.19. The number of hydrogen-bond donors (Lipinski definition) is 1. The highest BCUT2D eigenvalue weighted by Crippen LogP contribution is 2.22. The fourth-order valence-corrected chi connectivity index (χ4v) is 4.10. The van der Waals surface area contributed by atoms with E-state index in [1.807, 2.05) is 62.4 Å². The molecule has 0 bridgehead atoms. The summed E-state index contributed by atoms with van der Waals surface area (Å²) < 4.78 is 12.2. The lowest BCUT2D eigenvalue weighted by Crippen LogP contribution is -2.44. The lowest BCUT2D eigenvalue weighted by molar-refractivity contribution is -0.127. The summed E-state index contributed by atoms with van der Waals surface area (Å²) in [4.78, 5) is 19.5. The maximum Gasteiger partial charge on any atom is 0.241 e. The number of rotatable bonds is 8. The monoisotopic (exact) mass is 512 g/mol. The van der Waals surface area contributed by atoms with Gasteiger partial charge >= 0.3 is 0 Å². The van der Waals surface area contributed by atoms with E-state index in [2.05, 4.69) is 36.3 Å². The molecule has 33 heavy (non-hydrogen) atoms. The topological polar surface area (TPSA) is 80.5 Å². The van der Waals surface area contributed by atoms with Gasteiger partial charge in [-0.2, -0.15) is 4.98 Å². The molecule has 174 valence electrons. The number of carbonyl (C=O) groups excluding carboxylic acids is 1. The smallest absolute Gasteiger partial charge is 0.241 e. The Morgan fingerprint density at radius 1 is 1.18 bits per heavy atom. The highest BCUT2D eigenvalue weighted by molar-refractivity contribution is 9.10. The second kappa shape index (κ2) is 10.9. The second-order valence-corrected chi connectivity index (χ2v) is 9.52. The van der Waals surface area contributed by atoms with Crippen molar-refractivity contribution in [1.82, 2.24) is 20.4 Å². The Labute approximate surface area is 202 Å². The van der Waals surface area contributed by atoms with Gasteiger partial charge in [-0.25, -0.2) is 0 Å². The normalized spacial score (nSPS) is 15.8. The number of piperidine rings is 1. The van der Waals surface area contributed by atoms with Gasteiger partial charge in [0, 0.05) is 16.0 Å². The van der Waals surface area contributed by atoms with Crippen molar-refractivity contribution in [2.75, 3.05) is 19.7 Å². The number of benzene rings is 2. The van der Waals surface area contributed by atoms with Gasteiger partial charge in [-0.3, -0.25) is 9.69 Å². The summed E-state index contributed by atoms with van der Waals surface area (Å²) in [6.45, 7) is 6.70. The molecule has 8 heteroatoms. The zero-order valence-corrected chi connectivity index (χ0v) is 20.5. The third-order valence-electron chi connectivity index (χ3n) is 5.80. The van der Waals surface area contributed by atoms with Crippen molar-refractivity contribution in [3.05, 3.63) is 64.5 Å². The summed E-state index contributed by atoms with van der Waals surface area (Å²) in [5.74, 6) is 2.12. The molecule has 2 heterocycles. The Hall–Kier alpha value is -2.71. The first-order valence-corrected chi connectivity index (χ1v) is 12.1. The Balaban J connectivity index is 1.19. The molecule has 1 aromatic heterocycles. The van der Waals surface area contributed by atoms with Gasteiger partial charge in [0.25, 0.3) is 0 Å². The van der Waals surface area contributed by atoms with Gasteiger partial charge in [0.1, 0.15) is 12.4 Å². The van der Waals surface area contributed by atoms with E-state index in [0.29, 0.717) is 24.9 Å². The van der Waals surface area contributed by atoms with E-state index in [1.54, 1.807) is 0 Å². The predicted molar refractivity (Wildman–Crippen MR) is 130 cm³/mol. The lowest BCUT2D eigenvalue weighted by Gasteiger charge is -2.30. The standard InChI is InChI=1S/C25H29BrN4O3/c1-17-3-9-22(10-4-17)32-16-18(2)27-25(31)20-11-13-30(14-12-20)15-23-28-24(29-33-23)19-5-7-21(26)8-6-19/h3-10,18,20H,11-16H2,1-2H3,(H,27,31). The quantitative estimate of drug-likeness (QED) is 0.474. The highest BCUT2D eigenvalue weighted by Gasteiger charge is 2.26. The molecule has 1 amide bonds. The first-order valence-electron chi connectivity index (χ1n) is 11.3. The van der Waals surface area contributed by atoms with Crippen molar-refractivity contribution < 1.29 is 14.1 Å². The van der Waals surface area contributed by atoms with Gasteiger partial charge in [0.05, 0.1) is 12.6 Å². The minimum Gasteiger partial charge on any atom is -0.491 e. The summed E-state index contributed by atoms with van der Waals surface area (Å²) in [7, 11) is 0. The number of likely N-dealkylation sites (tertiary alicyclic amines) is 1. The summed E-state index contributed by atoms with van der Waals surface area (Å²) in [5.41, 5.74) is 2.11. The number of carbonyl (C=O) groups is 1. The van der Waals surface area contributed by atoms with Crippen LogP contribution in [0.1, 0.15) is 31.2 Å². The number of hydrogen-bond acceptors (Lipinski definition) is 6. The molecule has 1 aliphatic rings. The van der Waals surface area contributed by atoms with Gasteiger partial charge in [-0.05, 0) is 76.2 Å². The molecule has 1 atom stereocenters. The number of halogens is 1. The molecular formula is C25H29BrN4O3. The van der Waals surface area contributed by atoms with Gasteiger partial charge in [-0.15, -0.1) is 0 Å². The molecule has 1 fully saturated rings. The summed E-state index contributed by atoms with van der Waals surface area (Å²) in [6, 6.07) is 15.7. The van der Waals surface area contributed by atoms with Gasteiger partial charge < -0.3 is 14.6 Å². The Kier molecular flexibility index (Phi) is 7.77. The fourth-order valence-electron chi connectivity index (χ4n) is 3.84. The first kappa shape index (κ1) is 23.4. The highest BCUT2D eigenvalue weighted by atomic mass is 79.9. The van der Waals surface area contributed by atoms with Crippen LogP contribution in [0.25, 0.3) is 11.4 Å². The predicted octanol–water partition coefficient (Wildman–Crippen LogP) is 4.60. The number of nitrogens with one attached hydrogen (secondary N) is 1. The average molecular weight is 513 g/mol. The number of nitrogens with zero attached hydrogens (tertiary/aromatic N) is 3. The maximum absolute atomic E-state index is 12.7. The molecule has 0 radical (unpaired) electrons. The van der Waals surface area contributed by atoms with Crippen molar-refractivity contribution in [2.45, 2.75) is 39.3 Å². The summed E-state index contributed by atoms with van der Waals surface area (Å²) >= 11 is 3.43. The molecule has 4 rings (SSSR count). The second-order valence-electron chi connectivity index (χ2n) is 8.60. The van der Waals surface area contributed by atoms with Crippen LogP contribution in [-0.2, 0) is 11.3 Å². The lowest BCUT2D eigenvalue weighted by atomic mass is 9.95. The van der Waals surface area contributed by atoms with Crippen LogP contribution >= 0.6 is 15.9 Å². The molecule has 1 unspecified atom stereocenters. The van der Waals surface area contributed by atoms with Crippen LogP contribution in [0.3, 0.4) is 0 Å². The van der Waals surface area contributed by atoms with E-state index in [9.17, 15) is 4.79 Å². The molecular weight excluding hydrogens is 484 g/mol. The van der Waals surface area contributed by atoms with Crippen LogP contribution in [0.2, 0.25) is 0 Å². The summed E-state index contributed by atoms with van der Waals surface area (Å²) in [6.07, 6.45) is 1.62. The zero-order chi connectivity index (χ0) is 23.2. The van der Waals surface area contributed by atoms with Gasteiger partial charge in [0.15, 0.2) is 0 Å². The van der Waals surface area contributed by atoms with Crippen LogP contribution in [0, 0.1) is 12.8 Å². The Morgan fingerprint density at radius 2 is 1.88 bits per heavy atom. The maximum atomic E-state index is 12.7. The van der Waals surface area contributed by atoms with E-state index in [1.165, 1.54) is 5.56 Å². The third-order valence-corrected chi connectivity index (χ3v) is 6.33. The van der Waals surface area contributed by atoms with Gasteiger partial charge in [-0.1, -0.05) is 38.8 Å². The van der Waals surface area contributed by atoms with Crippen LogP contribution < -0.4 is 10.1 Å². The van der Waals surface area contributed by atoms with Crippen molar-refractivity contribution in [1.29, 1.82) is 0 Å². The molecule has 0 spiro atoms. The molecule has 2 aromatic carbocycles. The van der Waals surface area contributed by atoms with Crippen molar-refractivity contribution in [3.63, 3.8) is 0 Å². The largest absolute Gasteiger partial charge is 0.491 e. The van der Waals surface area contributed by atoms with E-state index in [-0.39, 0.29) is 17.9 Å². The SMILES string of the molecule is Cc1ccc(OCC(C)NC(=O)C2CCN(Cc3nc(-c4ccc(Br)cc4)no3)CC2)cc1. The third kappa shape index (κ3) is 6.65. The van der Waals surface area contributed by atoms with Crippen LogP contribution in [0.5, 0.6) is 5.75 Å². The van der Waals surface area contributed by atoms with Crippen LogP contribution in [0.4, 0.5) is 0 Å². The van der Waals surface area contributed by atoms with Crippen LogP contribution in [0.15, 0.2) is 57.5 Å². The number of amides is 1. The van der Waals surface area contributed by atoms with E-state index < -0.39 is 0 Å². The molecule has 0 aliphatic carbocycles. The molecule has 1 aliphatic heterocycles. The minimum atomic E-state index is -0.0488. The number of aromatic nitrogens is 2. The molecule has 7 nitrogen and oxygen atoms in total. The van der Waals surface area contributed by atoms with Gasteiger partial charge in [0.2, 0.25) is 17.6 Å². The molecule has 1 N–H and O–H groups in total. The Morgan fingerprint density at radius 3 is 2.58 bits per heavy atom. The zero-order valence-electron chi connectivity index (χ0n) is 19.0. The fraction of sp³-hybridized carbons (Fsp3) is 0.400. The first-order chi connectivity index (χ1) is 16.0. The minimum absolute atomic E-state index is 0.0177. The molecule has 1 saturated heterocycles. The molecule has 3 aromatic rings. The Bertz CT molecular complexity index is 1040. The van der Waals surface area contributed by atoms with Crippen molar-refractivity contribution in [3.8, 4) is 17.1 Å². The van der Waals surface area contributed by atoms with Crippen LogP contribution in [-0.4, -0.2) is 46.7 Å².